The van der Waals surface area contributed by atoms with Crippen LogP contribution in [-0.4, -0.2) is 16.7 Å². The van der Waals surface area contributed by atoms with Crippen molar-refractivity contribution in [2.24, 2.45) is 7.05 Å². The molecule has 2 aromatic carbocycles. The molecule has 3 aromatic rings. The zero-order chi connectivity index (χ0) is 17.1. The number of ether oxygens (including phenoxy) is 1. The van der Waals surface area contributed by atoms with Gasteiger partial charge in [-0.1, -0.05) is 29.8 Å². The molecule has 0 aliphatic carbocycles. The molecule has 3 rings (SSSR count). The van der Waals surface area contributed by atoms with Gasteiger partial charge in [-0.2, -0.15) is 0 Å². The minimum atomic E-state index is -0.336. The number of hydrogen-bond acceptors (Lipinski definition) is 3. The predicted octanol–water partition coefficient (Wildman–Crippen LogP) is 4.50. The Morgan fingerprint density at radius 3 is 2.79 bits per heavy atom. The molecule has 0 fully saturated rings. The van der Waals surface area contributed by atoms with Crippen molar-refractivity contribution >= 4 is 17.5 Å². The Balaban J connectivity index is 1.82. The first kappa shape index (κ1) is 16.3. The number of anilines is 1. The number of methoxy groups -OCH3 is 1. The predicted molar refractivity (Wildman–Crippen MR) is 93.9 cm³/mol. The molecule has 1 heterocycles. The molecule has 0 bridgehead atoms. The molecule has 24 heavy (non-hydrogen) atoms. The Labute approximate surface area is 144 Å². The third kappa shape index (κ3) is 3.21. The van der Waals surface area contributed by atoms with Gasteiger partial charge in [0.15, 0.2) is 0 Å². The van der Waals surface area contributed by atoms with Crippen molar-refractivity contribution in [1.29, 1.82) is 0 Å². The van der Waals surface area contributed by atoms with Crippen LogP contribution in [0.15, 0.2) is 48.7 Å². The van der Waals surface area contributed by atoms with E-state index in [0.717, 1.165) is 17.0 Å². The fourth-order valence-electron chi connectivity index (χ4n) is 2.49. The summed E-state index contributed by atoms with van der Waals surface area (Å²) in [7, 11) is 3.53. The standard InChI is InChI=1S/C18H17ClFN3O/c1-23-17(12-5-3-6-13(9-12)24-2)11-22-18(23)21-10-14-15(19)7-4-8-16(14)20/h3-9,11H,10H2,1-2H3,(H,21,22). The van der Waals surface area contributed by atoms with Gasteiger partial charge in [0.1, 0.15) is 11.6 Å². The highest BCUT2D eigenvalue weighted by atomic mass is 35.5. The second kappa shape index (κ2) is 6.93. The highest BCUT2D eigenvalue weighted by molar-refractivity contribution is 6.31. The van der Waals surface area contributed by atoms with Crippen molar-refractivity contribution in [1.82, 2.24) is 9.55 Å². The summed E-state index contributed by atoms with van der Waals surface area (Å²) >= 11 is 6.05. The lowest BCUT2D eigenvalue weighted by Crippen LogP contribution is -2.07. The van der Waals surface area contributed by atoms with Crippen LogP contribution < -0.4 is 10.1 Å². The normalized spacial score (nSPS) is 10.7. The number of nitrogens with zero attached hydrogens (tertiary/aromatic N) is 2. The summed E-state index contributed by atoms with van der Waals surface area (Å²) in [4.78, 5) is 4.37. The lowest BCUT2D eigenvalue weighted by molar-refractivity contribution is 0.415. The number of hydrogen-bond donors (Lipinski definition) is 1. The molecule has 0 radical (unpaired) electrons. The third-order valence-electron chi connectivity index (χ3n) is 3.84. The van der Waals surface area contributed by atoms with Crippen molar-refractivity contribution in [2.45, 2.75) is 6.54 Å². The molecule has 0 amide bonds. The van der Waals surface area contributed by atoms with Crippen LogP contribution in [0.4, 0.5) is 10.3 Å². The fourth-order valence-corrected chi connectivity index (χ4v) is 2.72. The molecule has 1 N–H and O–H groups in total. The summed E-state index contributed by atoms with van der Waals surface area (Å²) in [5.74, 6) is 1.07. The van der Waals surface area contributed by atoms with Crippen molar-refractivity contribution in [3.63, 3.8) is 0 Å². The van der Waals surface area contributed by atoms with E-state index in [2.05, 4.69) is 10.3 Å². The second-order valence-corrected chi connectivity index (χ2v) is 5.72. The van der Waals surface area contributed by atoms with Crippen LogP contribution in [0.5, 0.6) is 5.75 Å². The van der Waals surface area contributed by atoms with Gasteiger partial charge in [0, 0.05) is 29.7 Å². The van der Waals surface area contributed by atoms with Crippen LogP contribution >= 0.6 is 11.6 Å². The summed E-state index contributed by atoms with van der Waals surface area (Å²) in [6.07, 6.45) is 1.76. The van der Waals surface area contributed by atoms with Crippen molar-refractivity contribution in [3.8, 4) is 17.0 Å². The van der Waals surface area contributed by atoms with Gasteiger partial charge in [-0.25, -0.2) is 9.37 Å². The van der Waals surface area contributed by atoms with Gasteiger partial charge in [-0.3, -0.25) is 0 Å². The Hall–Kier alpha value is -2.53. The molecule has 0 unspecified atom stereocenters. The van der Waals surface area contributed by atoms with Gasteiger partial charge in [-0.15, -0.1) is 0 Å². The van der Waals surface area contributed by atoms with E-state index in [0.29, 0.717) is 16.5 Å². The quantitative estimate of drug-likeness (QED) is 0.740. The van der Waals surface area contributed by atoms with E-state index >= 15 is 0 Å². The monoisotopic (exact) mass is 345 g/mol. The first-order chi connectivity index (χ1) is 11.6. The zero-order valence-electron chi connectivity index (χ0n) is 13.4. The molecule has 0 saturated carbocycles. The molecule has 6 heteroatoms. The average Bonchev–Trinajstić information content (AvgIpc) is 2.95. The molecule has 0 aliphatic rings. The second-order valence-electron chi connectivity index (χ2n) is 5.31. The third-order valence-corrected chi connectivity index (χ3v) is 4.19. The zero-order valence-corrected chi connectivity index (χ0v) is 14.1. The van der Waals surface area contributed by atoms with Gasteiger partial charge >= 0.3 is 0 Å². The Bertz CT molecular complexity index is 843. The average molecular weight is 346 g/mol. The van der Waals surface area contributed by atoms with Gasteiger partial charge in [-0.05, 0) is 24.3 Å². The van der Waals surface area contributed by atoms with Crippen LogP contribution in [0.3, 0.4) is 0 Å². The molecular formula is C18H17ClFN3O. The molecule has 0 aliphatic heterocycles. The van der Waals surface area contributed by atoms with E-state index in [-0.39, 0.29) is 12.4 Å². The maximum absolute atomic E-state index is 13.8. The number of rotatable bonds is 5. The first-order valence-electron chi connectivity index (χ1n) is 7.43. The van der Waals surface area contributed by atoms with Crippen LogP contribution in [0.1, 0.15) is 5.56 Å². The molecule has 0 atom stereocenters. The Kier molecular flexibility index (Phi) is 4.71. The number of nitrogens with one attached hydrogen (secondary N) is 1. The molecule has 0 saturated heterocycles. The number of benzene rings is 2. The van der Waals surface area contributed by atoms with E-state index in [1.807, 2.05) is 35.9 Å². The fraction of sp³-hybridized carbons (Fsp3) is 0.167. The van der Waals surface area contributed by atoms with E-state index in [9.17, 15) is 4.39 Å². The Morgan fingerprint density at radius 1 is 1.25 bits per heavy atom. The van der Waals surface area contributed by atoms with E-state index in [4.69, 9.17) is 16.3 Å². The summed E-state index contributed by atoms with van der Waals surface area (Å²) in [5, 5.41) is 3.52. The molecule has 4 nitrogen and oxygen atoms in total. The van der Waals surface area contributed by atoms with Gasteiger partial charge in [0.2, 0.25) is 5.95 Å². The minimum Gasteiger partial charge on any atom is -0.497 e. The number of halogens is 2. The van der Waals surface area contributed by atoms with Crippen molar-refractivity contribution in [2.75, 3.05) is 12.4 Å². The first-order valence-corrected chi connectivity index (χ1v) is 7.81. The van der Waals surface area contributed by atoms with Crippen LogP contribution in [0, 0.1) is 5.82 Å². The minimum absolute atomic E-state index is 0.258. The summed E-state index contributed by atoms with van der Waals surface area (Å²) < 4.78 is 21.0. The maximum atomic E-state index is 13.8. The van der Waals surface area contributed by atoms with Crippen LogP contribution in [-0.2, 0) is 13.6 Å². The summed E-state index contributed by atoms with van der Waals surface area (Å²) in [5.41, 5.74) is 2.34. The van der Waals surface area contributed by atoms with Gasteiger partial charge < -0.3 is 14.6 Å². The number of aromatic nitrogens is 2. The van der Waals surface area contributed by atoms with E-state index in [1.54, 1.807) is 25.4 Å². The maximum Gasteiger partial charge on any atom is 0.203 e. The summed E-state index contributed by atoms with van der Waals surface area (Å²) in [6.45, 7) is 0.258. The SMILES string of the molecule is COc1cccc(-c2cnc(NCc3c(F)cccc3Cl)n2C)c1. The summed E-state index contributed by atoms with van der Waals surface area (Å²) in [6, 6.07) is 12.4. The Morgan fingerprint density at radius 2 is 2.04 bits per heavy atom. The smallest absolute Gasteiger partial charge is 0.203 e. The topological polar surface area (TPSA) is 39.1 Å². The van der Waals surface area contributed by atoms with E-state index < -0.39 is 0 Å². The van der Waals surface area contributed by atoms with Crippen LogP contribution in [0.25, 0.3) is 11.3 Å². The molecule has 124 valence electrons. The highest BCUT2D eigenvalue weighted by Gasteiger charge is 2.11. The lowest BCUT2D eigenvalue weighted by Gasteiger charge is -2.10. The highest BCUT2D eigenvalue weighted by Crippen LogP contribution is 2.26. The molecule has 0 spiro atoms. The largest absolute Gasteiger partial charge is 0.497 e. The van der Waals surface area contributed by atoms with Crippen molar-refractivity contribution < 1.29 is 9.13 Å². The molecular weight excluding hydrogens is 329 g/mol. The van der Waals surface area contributed by atoms with Gasteiger partial charge in [0.05, 0.1) is 19.0 Å². The molecule has 1 aromatic heterocycles. The van der Waals surface area contributed by atoms with Crippen molar-refractivity contribution in [3.05, 3.63) is 65.1 Å². The lowest BCUT2D eigenvalue weighted by atomic mass is 10.1. The number of imidazole rings is 1. The van der Waals surface area contributed by atoms with E-state index in [1.165, 1.54) is 6.07 Å². The van der Waals surface area contributed by atoms with Gasteiger partial charge in [0.25, 0.3) is 0 Å². The van der Waals surface area contributed by atoms with Crippen LogP contribution in [0.2, 0.25) is 5.02 Å².